The van der Waals surface area contributed by atoms with Gasteiger partial charge in [0.1, 0.15) is 11.8 Å². The number of amides is 3. The molecule has 0 unspecified atom stereocenters. The van der Waals surface area contributed by atoms with E-state index in [1.807, 2.05) is 0 Å². The number of urea groups is 1. The monoisotopic (exact) mass is 555 g/mol. The van der Waals surface area contributed by atoms with Gasteiger partial charge in [0.15, 0.2) is 0 Å². The lowest BCUT2D eigenvalue weighted by atomic mass is 9.72. The molecule has 3 heterocycles. The predicted molar refractivity (Wildman–Crippen MR) is 137 cm³/mol. The number of nitrogens with one attached hydrogen (secondary N) is 2. The van der Waals surface area contributed by atoms with E-state index in [0.717, 1.165) is 12.1 Å². The Hall–Kier alpha value is -4.17. The summed E-state index contributed by atoms with van der Waals surface area (Å²) in [6.07, 6.45) is 3.30. The number of hydrogen-bond acceptors (Lipinski definition) is 7. The zero-order valence-corrected chi connectivity index (χ0v) is 21.1. The molecule has 2 aliphatic rings. The van der Waals surface area contributed by atoms with Gasteiger partial charge in [0.25, 0.3) is 0 Å². The van der Waals surface area contributed by atoms with Gasteiger partial charge < -0.3 is 39.8 Å². The molecule has 3 amide bonds. The van der Waals surface area contributed by atoms with Crippen molar-refractivity contribution < 1.29 is 43.5 Å². The van der Waals surface area contributed by atoms with E-state index < -0.39 is 44.6 Å². The normalized spacial score (nSPS) is 17.1. The van der Waals surface area contributed by atoms with Crippen LogP contribution in [0.4, 0.5) is 10.7 Å². The summed E-state index contributed by atoms with van der Waals surface area (Å²) < 4.78 is 18.8. The molecule has 6 N–H and O–H groups in total. The Kier molecular flexibility index (Phi) is 6.91. The average molecular weight is 555 g/mol. The van der Waals surface area contributed by atoms with E-state index in [4.69, 9.17) is 4.65 Å². The van der Waals surface area contributed by atoms with Crippen LogP contribution >= 0.6 is 7.60 Å². The molecule has 16 heteroatoms. The maximum Gasteiger partial charge on any atom is 0.547 e. The summed E-state index contributed by atoms with van der Waals surface area (Å²) in [5, 5.41) is 25.0. The third-order valence-corrected chi connectivity index (χ3v) is 7.49. The van der Waals surface area contributed by atoms with Crippen LogP contribution < -0.4 is 25.5 Å². The first-order valence-electron chi connectivity index (χ1n) is 11.8. The molecular weight excluding hydrogens is 532 g/mol. The molecule has 39 heavy (non-hydrogen) atoms. The van der Waals surface area contributed by atoms with E-state index >= 15 is 0 Å². The number of fused-ring (bicyclic) bond motifs is 2. The molecule has 0 saturated heterocycles. The Labute approximate surface area is 221 Å². The average Bonchev–Trinajstić information content (AvgIpc) is 3.51. The smallest absolute Gasteiger partial charge is 0.534 e. The van der Waals surface area contributed by atoms with Crippen LogP contribution in [0.3, 0.4) is 0 Å². The Morgan fingerprint density at radius 1 is 1.13 bits per heavy atom. The van der Waals surface area contributed by atoms with Gasteiger partial charge in [-0.15, -0.1) is 0 Å². The van der Waals surface area contributed by atoms with Crippen LogP contribution in [-0.2, 0) is 22.3 Å². The Bertz CT molecular complexity index is 1490. The van der Waals surface area contributed by atoms with Gasteiger partial charge in [0.05, 0.1) is 16.8 Å². The minimum atomic E-state index is -4.54. The number of carboxylic acids is 1. The quantitative estimate of drug-likeness (QED) is 0.175. The minimum Gasteiger partial charge on any atom is -0.534 e. The lowest BCUT2D eigenvalue weighted by Crippen LogP contribution is -2.56. The van der Waals surface area contributed by atoms with E-state index in [1.165, 1.54) is 35.4 Å². The van der Waals surface area contributed by atoms with Crippen LogP contribution in [0.5, 0.6) is 5.75 Å². The summed E-state index contributed by atoms with van der Waals surface area (Å²) in [6, 6.07) is 7.46. The molecule has 14 nitrogen and oxygen atoms in total. The van der Waals surface area contributed by atoms with Crippen molar-refractivity contribution in [2.75, 3.05) is 11.4 Å². The van der Waals surface area contributed by atoms with Gasteiger partial charge in [-0.25, -0.2) is 14.6 Å². The zero-order chi connectivity index (χ0) is 27.9. The van der Waals surface area contributed by atoms with E-state index in [9.17, 15) is 38.9 Å². The number of para-hydroxylation sites is 1. The molecule has 0 fully saturated rings. The van der Waals surface area contributed by atoms with Crippen LogP contribution in [0.2, 0.25) is 0 Å². The van der Waals surface area contributed by atoms with Gasteiger partial charge in [0.2, 0.25) is 11.9 Å². The number of carboxylic acid groups (broad SMARTS) is 1. The Balaban J connectivity index is 1.40. The lowest BCUT2D eigenvalue weighted by molar-refractivity contribution is -0.123. The van der Waals surface area contributed by atoms with Crippen molar-refractivity contribution >= 4 is 43.9 Å². The number of aromatic carboxylic acids is 1. The van der Waals surface area contributed by atoms with Crippen LogP contribution in [-0.4, -0.2) is 67.0 Å². The summed E-state index contributed by atoms with van der Waals surface area (Å²) in [5.74, 6) is -2.56. The second-order valence-electron chi connectivity index (χ2n) is 9.02. The first-order valence-corrected chi connectivity index (χ1v) is 13.4. The Morgan fingerprint density at radius 2 is 1.87 bits per heavy atom. The molecule has 0 bridgehead atoms. The molecule has 0 radical (unpaired) electrons. The molecule has 3 aromatic rings. The molecule has 1 aromatic heterocycles. The molecule has 5 rings (SSSR count). The minimum absolute atomic E-state index is 0.00501. The largest absolute Gasteiger partial charge is 0.547 e. The number of nitrogens with zero attached hydrogens (tertiary/aromatic N) is 3. The number of imidazole rings is 1. The number of benzene rings is 2. The third kappa shape index (κ3) is 5.25. The number of rotatable bonds is 6. The first-order chi connectivity index (χ1) is 18.5. The highest BCUT2D eigenvalue weighted by atomic mass is 31.2. The highest BCUT2D eigenvalue weighted by Gasteiger charge is 2.40. The first kappa shape index (κ1) is 26.4. The van der Waals surface area contributed by atoms with Crippen molar-refractivity contribution in [3.05, 3.63) is 71.5 Å². The van der Waals surface area contributed by atoms with Crippen molar-refractivity contribution in [2.24, 2.45) is 0 Å². The summed E-state index contributed by atoms with van der Waals surface area (Å²) >= 11 is 0. The van der Waals surface area contributed by atoms with Crippen molar-refractivity contribution in [3.8, 4) is 5.75 Å². The number of hydrogen-bond donors (Lipinski definition) is 6. The van der Waals surface area contributed by atoms with Gasteiger partial charge in [-0.3, -0.25) is 14.3 Å². The maximum absolute atomic E-state index is 13.5. The molecule has 2 aliphatic heterocycles. The lowest BCUT2D eigenvalue weighted by Gasteiger charge is -2.30. The molecule has 0 aliphatic carbocycles. The highest BCUT2D eigenvalue weighted by Crippen LogP contribution is 2.34. The standard InChI is InChI=1S/C23H23BN5O9P/c30-20(26-17-12-14-2-1-3-16(21(31)32)19(14)38-24(17)34)18(13-4-6-15(7-5-13)39(35,36)37)27-23(33)29-11-10-28-9-8-25-22(28)29/h1-9,17-18,34H,10-12H2,(H,26,30)(H,27,33)(H,31,32)(H2,35,36,37)/t17-,18+/m0/s1. The highest BCUT2D eigenvalue weighted by molar-refractivity contribution is 7.60. The summed E-state index contributed by atoms with van der Waals surface area (Å²) in [7, 11) is -6.13. The van der Waals surface area contributed by atoms with Crippen molar-refractivity contribution in [3.63, 3.8) is 0 Å². The Morgan fingerprint density at radius 3 is 2.56 bits per heavy atom. The van der Waals surface area contributed by atoms with Gasteiger partial charge in [-0.05, 0) is 35.7 Å². The van der Waals surface area contributed by atoms with E-state index in [2.05, 4.69) is 15.6 Å². The number of carbonyl (C=O) groups is 3. The van der Waals surface area contributed by atoms with Crippen LogP contribution in [0, 0.1) is 0 Å². The summed E-state index contributed by atoms with van der Waals surface area (Å²) in [4.78, 5) is 62.6. The van der Waals surface area contributed by atoms with Crippen molar-refractivity contribution in [1.29, 1.82) is 0 Å². The fourth-order valence-corrected chi connectivity index (χ4v) is 5.10. The van der Waals surface area contributed by atoms with Crippen molar-refractivity contribution in [2.45, 2.75) is 24.9 Å². The van der Waals surface area contributed by atoms with E-state index in [-0.39, 0.29) is 28.6 Å². The number of aromatic nitrogens is 2. The third-order valence-electron chi connectivity index (χ3n) is 6.51. The van der Waals surface area contributed by atoms with Crippen molar-refractivity contribution in [1.82, 2.24) is 20.2 Å². The van der Waals surface area contributed by atoms with Crippen LogP contribution in [0.25, 0.3) is 0 Å². The van der Waals surface area contributed by atoms with Gasteiger partial charge in [-0.1, -0.05) is 24.3 Å². The van der Waals surface area contributed by atoms with E-state index in [0.29, 0.717) is 24.6 Å². The summed E-state index contributed by atoms with van der Waals surface area (Å²) in [5.41, 5.74) is 0.553. The zero-order valence-electron chi connectivity index (χ0n) is 20.2. The van der Waals surface area contributed by atoms with Crippen LogP contribution in [0.15, 0.2) is 54.9 Å². The van der Waals surface area contributed by atoms with E-state index in [1.54, 1.807) is 16.8 Å². The van der Waals surface area contributed by atoms with Crippen LogP contribution in [0.1, 0.15) is 27.5 Å². The summed E-state index contributed by atoms with van der Waals surface area (Å²) in [6.45, 7) is 0.832. The molecule has 0 saturated carbocycles. The number of anilines is 1. The molecule has 202 valence electrons. The van der Waals surface area contributed by atoms with Gasteiger partial charge >= 0.3 is 26.7 Å². The SMILES string of the molecule is O=C(O)c1cccc2c1OB(O)[C@@H](NC(=O)[C@H](NC(=O)N1CCn3ccnc31)c1ccc(P(=O)(O)O)cc1)C2. The topological polar surface area (TPSA) is 204 Å². The second-order valence-corrected chi connectivity index (χ2v) is 10.6. The molecular formula is C23H23BN5O9P. The molecule has 2 aromatic carbocycles. The van der Waals surface area contributed by atoms with Gasteiger partial charge in [0, 0.05) is 25.5 Å². The second kappa shape index (κ2) is 10.2. The fraction of sp³-hybridized carbons (Fsp3) is 0.217. The molecule has 2 atom stereocenters. The maximum atomic E-state index is 13.5. The molecule has 0 spiro atoms. The predicted octanol–water partition coefficient (Wildman–Crippen LogP) is -0.205. The van der Waals surface area contributed by atoms with Gasteiger partial charge in [-0.2, -0.15) is 0 Å². The number of carbonyl (C=O) groups excluding carboxylic acids is 2. The fourth-order valence-electron chi connectivity index (χ4n) is 4.57.